The van der Waals surface area contributed by atoms with Crippen molar-refractivity contribution in [3.63, 3.8) is 0 Å². The van der Waals surface area contributed by atoms with Crippen molar-refractivity contribution in [2.75, 3.05) is 4.90 Å². The number of nitrogens with zero attached hydrogens (tertiary/aromatic N) is 6. The van der Waals surface area contributed by atoms with E-state index < -0.39 is 5.41 Å². The Morgan fingerprint density at radius 2 is 1.28 bits per heavy atom. The van der Waals surface area contributed by atoms with E-state index in [1.807, 2.05) is 73.1 Å². The summed E-state index contributed by atoms with van der Waals surface area (Å²) < 4.78 is 9.37. The van der Waals surface area contributed by atoms with Gasteiger partial charge in [0.25, 0.3) is 0 Å². The van der Waals surface area contributed by atoms with Gasteiger partial charge in [-0.25, -0.2) is 0 Å². The fourth-order valence-electron chi connectivity index (χ4n) is 9.30. The van der Waals surface area contributed by atoms with Crippen LogP contribution < -0.4 is 9.64 Å². The summed E-state index contributed by atoms with van der Waals surface area (Å²) >= 11 is 1.67. The molecular weight excluding hydrogens is 721 g/mol. The lowest BCUT2D eigenvalue weighted by atomic mass is 9.66. The van der Waals surface area contributed by atoms with Crippen LogP contribution in [0.3, 0.4) is 0 Å². The van der Waals surface area contributed by atoms with E-state index in [4.69, 9.17) is 14.7 Å². The zero-order chi connectivity index (χ0) is 37.8. The fraction of sp³-hybridized carbons (Fsp3) is 0.0204. The summed E-state index contributed by atoms with van der Waals surface area (Å²) in [6, 6.07) is 54.3. The largest absolute Gasteiger partial charge is 0.454 e. The number of rotatable bonds is 2. The lowest BCUT2D eigenvalue weighted by Gasteiger charge is -2.41. The van der Waals surface area contributed by atoms with Crippen molar-refractivity contribution in [3.05, 3.63) is 191 Å². The van der Waals surface area contributed by atoms with Gasteiger partial charge in [-0.1, -0.05) is 78.5 Å². The van der Waals surface area contributed by atoms with Gasteiger partial charge in [-0.15, -0.1) is 0 Å². The van der Waals surface area contributed by atoms with Crippen molar-refractivity contribution in [1.82, 2.24) is 14.5 Å². The van der Waals surface area contributed by atoms with E-state index in [9.17, 15) is 10.5 Å². The Morgan fingerprint density at radius 1 is 0.561 bits per heavy atom. The molecule has 7 nitrogen and oxygen atoms in total. The van der Waals surface area contributed by atoms with Gasteiger partial charge in [-0.3, -0.25) is 9.97 Å². The zero-order valence-corrected chi connectivity index (χ0v) is 30.8. The van der Waals surface area contributed by atoms with Crippen molar-refractivity contribution in [1.29, 1.82) is 10.5 Å². The van der Waals surface area contributed by atoms with E-state index in [2.05, 4.69) is 107 Å². The third-order valence-corrected chi connectivity index (χ3v) is 12.7. The molecule has 1 aliphatic carbocycles. The van der Waals surface area contributed by atoms with Gasteiger partial charge < -0.3 is 14.2 Å². The second-order valence-corrected chi connectivity index (χ2v) is 15.5. The second-order valence-electron chi connectivity index (χ2n) is 14.4. The van der Waals surface area contributed by atoms with E-state index >= 15 is 0 Å². The van der Waals surface area contributed by atoms with Gasteiger partial charge in [0.2, 0.25) is 0 Å². The molecule has 6 aromatic carbocycles. The molecule has 1 atom stereocenters. The summed E-state index contributed by atoms with van der Waals surface area (Å²) in [4.78, 5) is 14.6. The predicted molar refractivity (Wildman–Crippen MR) is 222 cm³/mol. The number of benzene rings is 6. The zero-order valence-electron chi connectivity index (χ0n) is 30.0. The number of hydrogen-bond donors (Lipinski definition) is 0. The second kappa shape index (κ2) is 11.7. The molecule has 264 valence electrons. The Labute approximate surface area is 331 Å². The monoisotopic (exact) mass is 746 g/mol. The van der Waals surface area contributed by atoms with Crippen molar-refractivity contribution in [2.24, 2.45) is 0 Å². The Hall–Kier alpha value is -7.65. The van der Waals surface area contributed by atoms with Crippen LogP contribution in [0.2, 0.25) is 0 Å². The highest BCUT2D eigenvalue weighted by molar-refractivity contribution is 7.99. The Morgan fingerprint density at radius 3 is 2.21 bits per heavy atom. The summed E-state index contributed by atoms with van der Waals surface area (Å²) in [6.07, 6.45) is 3.78. The molecule has 0 fully saturated rings. The highest BCUT2D eigenvalue weighted by Crippen LogP contribution is 2.64. The molecule has 0 saturated heterocycles. The molecule has 0 amide bonds. The normalized spacial score (nSPS) is 15.4. The number of aromatic nitrogens is 3. The maximum absolute atomic E-state index is 9.84. The van der Waals surface area contributed by atoms with Crippen LogP contribution in [0.4, 0.5) is 17.1 Å². The van der Waals surface area contributed by atoms with Crippen LogP contribution in [0.1, 0.15) is 33.4 Å². The number of pyridine rings is 2. The van der Waals surface area contributed by atoms with Crippen LogP contribution in [0.5, 0.6) is 11.5 Å². The van der Waals surface area contributed by atoms with Crippen LogP contribution in [-0.4, -0.2) is 14.5 Å². The lowest BCUT2D eigenvalue weighted by Crippen LogP contribution is -2.33. The molecule has 5 heterocycles. The molecule has 0 radical (unpaired) electrons. The summed E-state index contributed by atoms with van der Waals surface area (Å²) in [5.74, 6) is 1.49. The first-order chi connectivity index (χ1) is 28.2. The molecule has 1 unspecified atom stereocenters. The highest BCUT2D eigenvalue weighted by Gasteiger charge is 2.53. The Balaban J connectivity index is 1.17. The van der Waals surface area contributed by atoms with Gasteiger partial charge in [0, 0.05) is 43.5 Å². The number of para-hydroxylation sites is 4. The van der Waals surface area contributed by atoms with Gasteiger partial charge in [0.1, 0.15) is 5.75 Å². The molecule has 8 heteroatoms. The molecule has 0 saturated carbocycles. The van der Waals surface area contributed by atoms with Crippen molar-refractivity contribution in [2.45, 2.75) is 15.2 Å². The molecular formula is C49H26N6OS. The average Bonchev–Trinajstić information content (AvgIpc) is 3.75. The summed E-state index contributed by atoms with van der Waals surface area (Å²) in [5.41, 5.74) is 11.9. The molecule has 12 rings (SSSR count). The SMILES string of the molecule is N#Cc1ccc2c(c1)Sc1ccccc1N2c1cccc2c1Oc1ccccc1C21c2cccnc2-c2ncc(-n3c4ccccc4c4cc(C#N)ccc43)cc21. The van der Waals surface area contributed by atoms with Gasteiger partial charge in [-0.05, 0) is 84.4 Å². The van der Waals surface area contributed by atoms with Crippen LogP contribution in [0.15, 0.2) is 168 Å². The summed E-state index contributed by atoms with van der Waals surface area (Å²) in [6.45, 7) is 0. The van der Waals surface area contributed by atoms with Crippen LogP contribution in [0.25, 0.3) is 38.9 Å². The van der Waals surface area contributed by atoms with Crippen molar-refractivity contribution >= 4 is 50.6 Å². The number of hydrogen-bond acceptors (Lipinski definition) is 7. The Bertz CT molecular complexity index is 3320. The molecule has 57 heavy (non-hydrogen) atoms. The smallest absolute Gasteiger partial charge is 0.156 e. The number of fused-ring (bicyclic) bond motifs is 14. The number of ether oxygens (including phenoxy) is 1. The minimum Gasteiger partial charge on any atom is -0.454 e. The van der Waals surface area contributed by atoms with Gasteiger partial charge in [0.05, 0.1) is 80.0 Å². The molecule has 3 aliphatic rings. The third kappa shape index (κ3) is 4.20. The van der Waals surface area contributed by atoms with E-state index in [0.717, 1.165) is 99.5 Å². The molecule has 1 spiro atoms. The Kier molecular flexibility index (Phi) is 6.49. The molecule has 3 aromatic heterocycles. The van der Waals surface area contributed by atoms with Crippen LogP contribution in [0, 0.1) is 22.7 Å². The van der Waals surface area contributed by atoms with Crippen molar-refractivity contribution in [3.8, 4) is 40.7 Å². The van der Waals surface area contributed by atoms with E-state index in [1.54, 1.807) is 11.8 Å². The first-order valence-corrected chi connectivity index (χ1v) is 19.4. The van der Waals surface area contributed by atoms with Gasteiger partial charge >= 0.3 is 0 Å². The topological polar surface area (TPSA) is 90.8 Å². The first kappa shape index (κ1) is 31.7. The van der Waals surface area contributed by atoms with Crippen LogP contribution in [-0.2, 0) is 5.41 Å². The van der Waals surface area contributed by atoms with Gasteiger partial charge in [0.15, 0.2) is 5.75 Å². The molecule has 0 bridgehead atoms. The maximum atomic E-state index is 9.84. The van der Waals surface area contributed by atoms with Gasteiger partial charge in [-0.2, -0.15) is 10.5 Å². The number of nitriles is 2. The van der Waals surface area contributed by atoms with Crippen molar-refractivity contribution < 1.29 is 4.74 Å². The van der Waals surface area contributed by atoms with E-state index in [-0.39, 0.29) is 0 Å². The molecule has 0 N–H and O–H groups in total. The highest BCUT2D eigenvalue weighted by atomic mass is 32.2. The fourth-order valence-corrected chi connectivity index (χ4v) is 10.4. The quantitative estimate of drug-likeness (QED) is 0.174. The molecule has 9 aromatic rings. The van der Waals surface area contributed by atoms with Crippen LogP contribution >= 0.6 is 11.8 Å². The average molecular weight is 747 g/mol. The third-order valence-electron chi connectivity index (χ3n) is 11.6. The first-order valence-electron chi connectivity index (χ1n) is 18.6. The summed E-state index contributed by atoms with van der Waals surface area (Å²) in [7, 11) is 0. The maximum Gasteiger partial charge on any atom is 0.156 e. The predicted octanol–water partition coefficient (Wildman–Crippen LogP) is 11.7. The van der Waals surface area contributed by atoms with E-state index in [1.165, 1.54) is 0 Å². The minimum absolute atomic E-state index is 0.614. The summed E-state index contributed by atoms with van der Waals surface area (Å²) in [5, 5.41) is 21.7. The minimum atomic E-state index is -0.841. The number of anilines is 3. The molecule has 2 aliphatic heterocycles. The standard InChI is InChI=1S/C49H26N6OS/c50-26-29-18-20-39-33(23-29)32-9-1-3-13-38(32)54(39)31-25-37-47(53-28-31)46-35(12-8-22-52-46)49(37)34-10-2-5-16-43(34)56-48-36(49)11-7-15-42(48)55-40-14-4-6-17-44(40)57-45-24-30(27-51)19-21-41(45)55/h1-25,28H. The lowest BCUT2D eigenvalue weighted by molar-refractivity contribution is 0.437. The van der Waals surface area contributed by atoms with E-state index in [0.29, 0.717) is 11.1 Å².